The molecule has 1 saturated carbocycles. The molecular formula is C12H20N4O3. The van der Waals surface area contributed by atoms with E-state index in [-0.39, 0.29) is 30.6 Å². The van der Waals surface area contributed by atoms with Crippen LogP contribution in [-0.4, -0.2) is 40.6 Å². The second kappa shape index (κ2) is 5.48. The Kier molecular flexibility index (Phi) is 3.94. The zero-order chi connectivity index (χ0) is 14.0. The van der Waals surface area contributed by atoms with Gasteiger partial charge in [-0.25, -0.2) is 9.48 Å². The van der Waals surface area contributed by atoms with Crippen LogP contribution < -0.4 is 11.1 Å². The lowest BCUT2D eigenvalue weighted by Gasteiger charge is -2.12. The number of hydrogen-bond donors (Lipinski definition) is 3. The second-order valence-corrected chi connectivity index (χ2v) is 4.82. The molecule has 1 aromatic rings. The third-order valence-electron chi connectivity index (χ3n) is 3.39. The van der Waals surface area contributed by atoms with Crippen LogP contribution in [0.3, 0.4) is 0 Å². The van der Waals surface area contributed by atoms with Crippen molar-refractivity contribution in [2.24, 2.45) is 5.92 Å². The standard InChI is InChI=1S/C12H20N4O3/c1-7(8-3-4-8)14-11-9(12(18)19-2)10(13)16(15-11)5-6-17/h7-8,17H,3-6,13H2,1-2H3,(H,14,15). The van der Waals surface area contributed by atoms with Crippen LogP contribution in [-0.2, 0) is 11.3 Å². The molecule has 1 atom stereocenters. The molecule has 0 amide bonds. The highest BCUT2D eigenvalue weighted by Crippen LogP contribution is 2.35. The maximum Gasteiger partial charge on any atom is 0.345 e. The summed E-state index contributed by atoms with van der Waals surface area (Å²) in [6, 6.07) is 0.236. The minimum Gasteiger partial charge on any atom is -0.465 e. The molecule has 0 aliphatic heterocycles. The van der Waals surface area contributed by atoms with Crippen LogP contribution in [0.2, 0.25) is 0 Å². The Morgan fingerprint density at radius 1 is 1.68 bits per heavy atom. The molecule has 106 valence electrons. The van der Waals surface area contributed by atoms with Gasteiger partial charge in [-0.15, -0.1) is 0 Å². The van der Waals surface area contributed by atoms with Crippen molar-refractivity contribution in [3.05, 3.63) is 5.56 Å². The third kappa shape index (κ3) is 2.81. The van der Waals surface area contributed by atoms with E-state index in [4.69, 9.17) is 15.6 Å². The quantitative estimate of drug-likeness (QED) is 0.648. The number of esters is 1. The SMILES string of the molecule is COC(=O)c1c(NC(C)C2CC2)nn(CCO)c1N. The predicted molar refractivity (Wildman–Crippen MR) is 70.9 cm³/mol. The molecule has 1 aliphatic rings. The number of aromatic nitrogens is 2. The highest BCUT2D eigenvalue weighted by atomic mass is 16.5. The van der Waals surface area contributed by atoms with Gasteiger partial charge in [0.2, 0.25) is 0 Å². The summed E-state index contributed by atoms with van der Waals surface area (Å²) in [4.78, 5) is 11.8. The summed E-state index contributed by atoms with van der Waals surface area (Å²) >= 11 is 0. The molecule has 0 spiro atoms. The molecule has 7 nitrogen and oxygen atoms in total. The molecule has 1 heterocycles. The second-order valence-electron chi connectivity index (χ2n) is 4.82. The third-order valence-corrected chi connectivity index (χ3v) is 3.39. The van der Waals surface area contributed by atoms with Crippen molar-refractivity contribution in [3.8, 4) is 0 Å². The van der Waals surface area contributed by atoms with Gasteiger partial charge in [-0.1, -0.05) is 0 Å². The summed E-state index contributed by atoms with van der Waals surface area (Å²) in [5.41, 5.74) is 6.12. The minimum absolute atomic E-state index is 0.0931. The van der Waals surface area contributed by atoms with Crippen molar-refractivity contribution in [1.82, 2.24) is 9.78 Å². The summed E-state index contributed by atoms with van der Waals surface area (Å²) in [6.07, 6.45) is 2.38. The molecule has 0 bridgehead atoms. The number of anilines is 2. The van der Waals surface area contributed by atoms with Crippen LogP contribution in [0.4, 0.5) is 11.6 Å². The first-order valence-corrected chi connectivity index (χ1v) is 6.40. The van der Waals surface area contributed by atoms with Crippen molar-refractivity contribution in [1.29, 1.82) is 0 Å². The van der Waals surface area contributed by atoms with Crippen LogP contribution in [0.5, 0.6) is 0 Å². The minimum atomic E-state index is -0.521. The first-order chi connectivity index (χ1) is 9.08. The Hall–Kier alpha value is -1.76. The number of methoxy groups -OCH3 is 1. The predicted octanol–water partition coefficient (Wildman–Crippen LogP) is 0.455. The molecule has 1 fully saturated rings. The van der Waals surface area contributed by atoms with E-state index in [0.717, 1.165) is 0 Å². The largest absolute Gasteiger partial charge is 0.465 e. The van der Waals surface area contributed by atoms with Gasteiger partial charge in [-0.3, -0.25) is 0 Å². The Morgan fingerprint density at radius 3 is 2.89 bits per heavy atom. The van der Waals surface area contributed by atoms with Crippen molar-refractivity contribution in [3.63, 3.8) is 0 Å². The number of nitrogens with two attached hydrogens (primary N) is 1. The van der Waals surface area contributed by atoms with Gasteiger partial charge in [-0.05, 0) is 25.7 Å². The zero-order valence-corrected chi connectivity index (χ0v) is 11.2. The van der Waals surface area contributed by atoms with E-state index in [2.05, 4.69) is 17.3 Å². The number of carbonyl (C=O) groups excluding carboxylic acids is 1. The Labute approximate surface area is 111 Å². The maximum absolute atomic E-state index is 11.8. The fraction of sp³-hybridized carbons (Fsp3) is 0.667. The van der Waals surface area contributed by atoms with Crippen LogP contribution in [0.1, 0.15) is 30.1 Å². The lowest BCUT2D eigenvalue weighted by molar-refractivity contribution is 0.0603. The normalized spacial score (nSPS) is 16.2. The molecule has 7 heteroatoms. The number of aliphatic hydroxyl groups is 1. The van der Waals surface area contributed by atoms with Crippen molar-refractivity contribution < 1.29 is 14.6 Å². The number of rotatable bonds is 6. The fourth-order valence-corrected chi connectivity index (χ4v) is 2.07. The highest BCUT2D eigenvalue weighted by molar-refractivity contribution is 5.99. The highest BCUT2D eigenvalue weighted by Gasteiger charge is 2.31. The van der Waals surface area contributed by atoms with E-state index in [1.54, 1.807) is 0 Å². The number of carbonyl (C=O) groups is 1. The Bertz CT molecular complexity index is 468. The topological polar surface area (TPSA) is 102 Å². The van der Waals surface area contributed by atoms with Crippen LogP contribution in [0.25, 0.3) is 0 Å². The summed E-state index contributed by atoms with van der Waals surface area (Å²) in [5.74, 6) is 0.741. The van der Waals surface area contributed by atoms with Gasteiger partial charge in [0.15, 0.2) is 5.82 Å². The van der Waals surface area contributed by atoms with Crippen LogP contribution in [0.15, 0.2) is 0 Å². The number of hydrogen-bond acceptors (Lipinski definition) is 6. The maximum atomic E-state index is 11.8. The van der Waals surface area contributed by atoms with Crippen molar-refractivity contribution in [2.75, 3.05) is 24.8 Å². The van der Waals surface area contributed by atoms with Gasteiger partial charge < -0.3 is 20.9 Å². The summed E-state index contributed by atoms with van der Waals surface area (Å²) in [6.45, 7) is 2.21. The first-order valence-electron chi connectivity index (χ1n) is 6.40. The number of nitrogens with one attached hydrogen (secondary N) is 1. The van der Waals surface area contributed by atoms with Gasteiger partial charge in [0.05, 0.1) is 20.3 Å². The molecule has 19 heavy (non-hydrogen) atoms. The zero-order valence-electron chi connectivity index (χ0n) is 11.2. The molecule has 2 rings (SSSR count). The van der Waals surface area contributed by atoms with E-state index < -0.39 is 5.97 Å². The Balaban J connectivity index is 2.27. The van der Waals surface area contributed by atoms with E-state index >= 15 is 0 Å². The average Bonchev–Trinajstić information content (AvgIpc) is 3.18. The van der Waals surface area contributed by atoms with Gasteiger partial charge in [0, 0.05) is 6.04 Å². The van der Waals surface area contributed by atoms with Gasteiger partial charge in [-0.2, -0.15) is 5.10 Å². The summed E-state index contributed by atoms with van der Waals surface area (Å²) < 4.78 is 6.14. The number of nitrogen functional groups attached to an aromatic ring is 1. The van der Waals surface area contributed by atoms with Gasteiger partial charge in [0.1, 0.15) is 11.4 Å². The Morgan fingerprint density at radius 2 is 2.37 bits per heavy atom. The fourth-order valence-electron chi connectivity index (χ4n) is 2.07. The molecule has 1 aromatic heterocycles. The first kappa shape index (κ1) is 13.7. The van der Waals surface area contributed by atoms with Crippen molar-refractivity contribution in [2.45, 2.75) is 32.4 Å². The molecule has 4 N–H and O–H groups in total. The molecule has 1 unspecified atom stereocenters. The van der Waals surface area contributed by atoms with Crippen molar-refractivity contribution >= 4 is 17.6 Å². The summed E-state index contributed by atoms with van der Waals surface area (Å²) in [7, 11) is 1.30. The molecule has 0 aromatic carbocycles. The lowest BCUT2D eigenvalue weighted by atomic mass is 10.2. The van der Waals surface area contributed by atoms with Crippen LogP contribution in [0, 0.1) is 5.92 Å². The number of aliphatic hydroxyl groups excluding tert-OH is 1. The monoisotopic (exact) mass is 268 g/mol. The summed E-state index contributed by atoms with van der Waals surface area (Å²) in [5, 5.41) is 16.4. The van der Waals surface area contributed by atoms with Gasteiger partial charge in [0.25, 0.3) is 0 Å². The molecule has 0 radical (unpaired) electrons. The molecule has 1 aliphatic carbocycles. The van der Waals surface area contributed by atoms with Crippen LogP contribution >= 0.6 is 0 Å². The van der Waals surface area contributed by atoms with E-state index in [1.807, 2.05) is 0 Å². The molecular weight excluding hydrogens is 248 g/mol. The lowest BCUT2D eigenvalue weighted by Crippen LogP contribution is -2.19. The molecule has 0 saturated heterocycles. The average molecular weight is 268 g/mol. The van der Waals surface area contributed by atoms with Gasteiger partial charge >= 0.3 is 5.97 Å². The van der Waals surface area contributed by atoms with E-state index in [0.29, 0.717) is 11.7 Å². The number of nitrogens with zero attached hydrogens (tertiary/aromatic N) is 2. The smallest absolute Gasteiger partial charge is 0.345 e. The van der Waals surface area contributed by atoms with E-state index in [1.165, 1.54) is 24.6 Å². The van der Waals surface area contributed by atoms with E-state index in [9.17, 15) is 4.79 Å². The number of ether oxygens (including phenoxy) is 1.